The standard InChI is InChI=1S/C20H19FN4O4S/c1-28-16-6-4-3-5-15(16)19(27)22-11-17-23-24-20(30-12-18(26)29-2)25(17)14-9-7-13(21)8-10-14/h3-10H,11-12H2,1-2H3,(H,22,27). The van der Waals surface area contributed by atoms with E-state index in [1.807, 2.05) is 0 Å². The van der Waals surface area contributed by atoms with E-state index in [4.69, 9.17) is 4.74 Å². The minimum Gasteiger partial charge on any atom is -0.496 e. The third-order valence-electron chi connectivity index (χ3n) is 4.09. The zero-order valence-corrected chi connectivity index (χ0v) is 17.1. The van der Waals surface area contributed by atoms with Crippen LogP contribution in [0.2, 0.25) is 0 Å². The molecule has 8 nitrogen and oxygen atoms in total. The van der Waals surface area contributed by atoms with Crippen LogP contribution in [0.25, 0.3) is 5.69 Å². The van der Waals surface area contributed by atoms with Gasteiger partial charge in [0.05, 0.1) is 32.1 Å². The molecule has 1 N–H and O–H groups in total. The van der Waals surface area contributed by atoms with Gasteiger partial charge in [-0.15, -0.1) is 10.2 Å². The molecule has 3 aromatic rings. The fourth-order valence-corrected chi connectivity index (χ4v) is 3.43. The fourth-order valence-electron chi connectivity index (χ4n) is 2.63. The molecule has 3 rings (SSSR count). The van der Waals surface area contributed by atoms with E-state index in [0.717, 1.165) is 11.8 Å². The number of para-hydroxylation sites is 1. The molecular weight excluding hydrogens is 411 g/mol. The summed E-state index contributed by atoms with van der Waals surface area (Å²) in [7, 11) is 2.79. The summed E-state index contributed by atoms with van der Waals surface area (Å²) in [6.07, 6.45) is 0. The number of carbonyl (C=O) groups is 2. The summed E-state index contributed by atoms with van der Waals surface area (Å²) in [6.45, 7) is 0.0556. The number of benzene rings is 2. The van der Waals surface area contributed by atoms with E-state index < -0.39 is 5.97 Å². The van der Waals surface area contributed by atoms with E-state index in [0.29, 0.717) is 28.0 Å². The molecular formula is C20H19FN4O4S. The van der Waals surface area contributed by atoms with E-state index in [1.165, 1.54) is 26.4 Å². The highest BCUT2D eigenvalue weighted by atomic mass is 32.2. The summed E-state index contributed by atoms with van der Waals surface area (Å²) >= 11 is 1.12. The normalized spacial score (nSPS) is 10.5. The van der Waals surface area contributed by atoms with Gasteiger partial charge in [0, 0.05) is 5.69 Å². The van der Waals surface area contributed by atoms with Crippen molar-refractivity contribution < 1.29 is 23.5 Å². The van der Waals surface area contributed by atoms with Crippen LogP contribution in [0.3, 0.4) is 0 Å². The molecule has 0 atom stereocenters. The summed E-state index contributed by atoms with van der Waals surface area (Å²) in [5.41, 5.74) is 0.975. The Labute approximate surface area is 176 Å². The number of methoxy groups -OCH3 is 2. The monoisotopic (exact) mass is 430 g/mol. The van der Waals surface area contributed by atoms with E-state index in [9.17, 15) is 14.0 Å². The van der Waals surface area contributed by atoms with E-state index >= 15 is 0 Å². The Morgan fingerprint density at radius 2 is 1.83 bits per heavy atom. The summed E-state index contributed by atoms with van der Waals surface area (Å²) < 4.78 is 24.9. The van der Waals surface area contributed by atoms with Crippen LogP contribution in [0, 0.1) is 5.82 Å². The molecule has 156 valence electrons. The van der Waals surface area contributed by atoms with E-state index in [-0.39, 0.29) is 24.0 Å². The number of thioether (sulfide) groups is 1. The summed E-state index contributed by atoms with van der Waals surface area (Å²) in [6, 6.07) is 12.6. The van der Waals surface area contributed by atoms with Crippen molar-refractivity contribution in [1.82, 2.24) is 20.1 Å². The lowest BCUT2D eigenvalue weighted by Gasteiger charge is -2.12. The summed E-state index contributed by atoms with van der Waals surface area (Å²) in [5, 5.41) is 11.4. The molecule has 2 aromatic carbocycles. The highest BCUT2D eigenvalue weighted by molar-refractivity contribution is 7.99. The van der Waals surface area contributed by atoms with Gasteiger partial charge >= 0.3 is 5.97 Å². The van der Waals surface area contributed by atoms with Gasteiger partial charge < -0.3 is 14.8 Å². The average molecular weight is 430 g/mol. The van der Waals surface area contributed by atoms with Crippen molar-refractivity contribution in [2.24, 2.45) is 0 Å². The second-order valence-electron chi connectivity index (χ2n) is 5.96. The first-order valence-corrected chi connectivity index (χ1v) is 9.83. The first-order chi connectivity index (χ1) is 14.5. The minimum absolute atomic E-state index is 0.0312. The second kappa shape index (κ2) is 9.88. The predicted octanol–water partition coefficient (Wildman–Crippen LogP) is 2.61. The van der Waals surface area contributed by atoms with Crippen LogP contribution < -0.4 is 10.1 Å². The molecule has 0 radical (unpaired) electrons. The number of esters is 1. The van der Waals surface area contributed by atoms with E-state index in [2.05, 4.69) is 20.3 Å². The number of nitrogens with one attached hydrogen (secondary N) is 1. The topological polar surface area (TPSA) is 95.3 Å². The number of hydrogen-bond donors (Lipinski definition) is 1. The third kappa shape index (κ3) is 4.95. The molecule has 0 aliphatic heterocycles. The Morgan fingerprint density at radius 3 is 2.53 bits per heavy atom. The van der Waals surface area contributed by atoms with E-state index in [1.54, 1.807) is 41.0 Å². The van der Waals surface area contributed by atoms with Gasteiger partial charge in [0.15, 0.2) is 11.0 Å². The quantitative estimate of drug-likeness (QED) is 0.434. The molecule has 1 heterocycles. The molecule has 0 fully saturated rings. The number of ether oxygens (including phenoxy) is 2. The Kier molecular flexibility index (Phi) is 7.02. The second-order valence-corrected chi connectivity index (χ2v) is 6.90. The molecule has 0 saturated carbocycles. The van der Waals surface area contributed by atoms with Crippen molar-refractivity contribution in [2.45, 2.75) is 11.7 Å². The Morgan fingerprint density at radius 1 is 1.10 bits per heavy atom. The molecule has 0 unspecified atom stereocenters. The van der Waals surface area contributed by atoms with Gasteiger partial charge in [0.1, 0.15) is 11.6 Å². The van der Waals surface area contributed by atoms with Crippen molar-refractivity contribution in [2.75, 3.05) is 20.0 Å². The zero-order chi connectivity index (χ0) is 21.5. The van der Waals surface area contributed by atoms with Gasteiger partial charge in [-0.1, -0.05) is 23.9 Å². The van der Waals surface area contributed by atoms with Crippen LogP contribution in [-0.4, -0.2) is 46.6 Å². The Bertz CT molecular complexity index is 1040. The number of amides is 1. The van der Waals surface area contributed by atoms with Crippen LogP contribution in [0.1, 0.15) is 16.2 Å². The molecule has 30 heavy (non-hydrogen) atoms. The van der Waals surface area contributed by atoms with Gasteiger partial charge in [-0.2, -0.15) is 0 Å². The van der Waals surface area contributed by atoms with Crippen molar-refractivity contribution in [1.29, 1.82) is 0 Å². The maximum atomic E-state index is 13.4. The smallest absolute Gasteiger partial charge is 0.316 e. The molecule has 0 bridgehead atoms. The van der Waals surface area contributed by atoms with Crippen LogP contribution in [0.4, 0.5) is 4.39 Å². The minimum atomic E-state index is -0.417. The van der Waals surface area contributed by atoms with Crippen molar-refractivity contribution >= 4 is 23.6 Å². The van der Waals surface area contributed by atoms with Crippen LogP contribution >= 0.6 is 11.8 Å². The molecule has 0 aliphatic rings. The molecule has 0 aliphatic carbocycles. The maximum Gasteiger partial charge on any atom is 0.316 e. The zero-order valence-electron chi connectivity index (χ0n) is 16.3. The third-order valence-corrected chi connectivity index (χ3v) is 4.99. The van der Waals surface area contributed by atoms with Crippen LogP contribution in [0.5, 0.6) is 5.75 Å². The lowest BCUT2D eigenvalue weighted by Crippen LogP contribution is -2.25. The SMILES string of the molecule is COC(=O)CSc1nnc(CNC(=O)c2ccccc2OC)n1-c1ccc(F)cc1. The number of rotatable bonds is 8. The number of nitrogens with zero attached hydrogens (tertiary/aromatic N) is 3. The number of aromatic nitrogens is 3. The van der Waals surface area contributed by atoms with Crippen molar-refractivity contribution in [3.8, 4) is 11.4 Å². The fraction of sp³-hybridized carbons (Fsp3) is 0.200. The molecule has 1 aromatic heterocycles. The average Bonchev–Trinajstić information content (AvgIpc) is 3.19. The van der Waals surface area contributed by atoms with Gasteiger partial charge in [0.2, 0.25) is 0 Å². The largest absolute Gasteiger partial charge is 0.496 e. The molecule has 1 amide bonds. The molecule has 10 heteroatoms. The summed E-state index contributed by atoms with van der Waals surface area (Å²) in [5.74, 6) is -0.253. The highest BCUT2D eigenvalue weighted by Gasteiger charge is 2.18. The number of halogens is 1. The first-order valence-electron chi connectivity index (χ1n) is 8.84. The van der Waals surface area contributed by atoms with Crippen molar-refractivity contribution in [3.63, 3.8) is 0 Å². The predicted molar refractivity (Wildman–Crippen MR) is 108 cm³/mol. The number of hydrogen-bond acceptors (Lipinski definition) is 7. The lowest BCUT2D eigenvalue weighted by atomic mass is 10.2. The van der Waals surface area contributed by atoms with Gasteiger partial charge in [-0.05, 0) is 36.4 Å². The van der Waals surface area contributed by atoms with Crippen LogP contribution in [0.15, 0.2) is 53.7 Å². The van der Waals surface area contributed by atoms with Gasteiger partial charge in [-0.3, -0.25) is 14.2 Å². The molecule has 0 spiro atoms. The molecule has 0 saturated heterocycles. The highest BCUT2D eigenvalue weighted by Crippen LogP contribution is 2.23. The number of carbonyl (C=O) groups excluding carboxylic acids is 2. The lowest BCUT2D eigenvalue weighted by molar-refractivity contribution is -0.137. The van der Waals surface area contributed by atoms with Crippen molar-refractivity contribution in [3.05, 3.63) is 65.7 Å². The Balaban J connectivity index is 1.84. The first kappa shape index (κ1) is 21.3. The summed E-state index contributed by atoms with van der Waals surface area (Å²) in [4.78, 5) is 24.1. The van der Waals surface area contributed by atoms with Crippen LogP contribution in [-0.2, 0) is 16.1 Å². The Hall–Kier alpha value is -3.40. The van der Waals surface area contributed by atoms with Gasteiger partial charge in [-0.25, -0.2) is 4.39 Å². The van der Waals surface area contributed by atoms with Gasteiger partial charge in [0.25, 0.3) is 5.91 Å². The maximum absolute atomic E-state index is 13.4.